The van der Waals surface area contributed by atoms with E-state index < -0.39 is 17.7 Å². The molecule has 0 bridgehead atoms. The molecule has 1 saturated heterocycles. The van der Waals surface area contributed by atoms with Crippen LogP contribution in [0.5, 0.6) is 17.2 Å². The van der Waals surface area contributed by atoms with E-state index >= 15 is 0 Å². The molecule has 174 valence electrons. The summed E-state index contributed by atoms with van der Waals surface area (Å²) in [5, 5.41) is 21.0. The van der Waals surface area contributed by atoms with Gasteiger partial charge in [0.05, 0.1) is 17.9 Å². The summed E-state index contributed by atoms with van der Waals surface area (Å²) >= 11 is 0. The molecule has 34 heavy (non-hydrogen) atoms. The van der Waals surface area contributed by atoms with Crippen LogP contribution in [0.2, 0.25) is 0 Å². The highest BCUT2D eigenvalue weighted by Crippen LogP contribution is 2.41. The number of likely N-dealkylation sites (tertiary alicyclic amines) is 1. The minimum absolute atomic E-state index is 0.00463. The van der Waals surface area contributed by atoms with E-state index in [1.54, 1.807) is 42.9 Å². The normalized spacial score (nSPS) is 18.9. The third-order valence-electron chi connectivity index (χ3n) is 5.94. The fourth-order valence-electron chi connectivity index (χ4n) is 4.30. The zero-order valence-corrected chi connectivity index (χ0v) is 18.3. The van der Waals surface area contributed by atoms with Gasteiger partial charge in [-0.15, -0.1) is 0 Å². The molecule has 1 unspecified atom stereocenters. The zero-order chi connectivity index (χ0) is 23.7. The Balaban J connectivity index is 1.53. The lowest BCUT2D eigenvalue weighted by atomic mass is 9.95. The Kier molecular flexibility index (Phi) is 5.67. The topological polar surface area (TPSA) is 114 Å². The molecule has 1 fully saturated rings. The number of carbonyl (C=O) groups excluding carboxylic acids is 2. The minimum Gasteiger partial charge on any atom is -0.508 e. The second-order valence-electron chi connectivity index (χ2n) is 8.10. The number of aromatic nitrogens is 2. The van der Waals surface area contributed by atoms with Gasteiger partial charge in [-0.1, -0.05) is 12.1 Å². The molecule has 2 aromatic carbocycles. The van der Waals surface area contributed by atoms with E-state index in [4.69, 9.17) is 9.47 Å². The van der Waals surface area contributed by atoms with Crippen LogP contribution in [0.25, 0.3) is 5.76 Å². The molecule has 2 aliphatic heterocycles. The van der Waals surface area contributed by atoms with Crippen LogP contribution in [0.4, 0.5) is 0 Å². The van der Waals surface area contributed by atoms with E-state index in [-0.39, 0.29) is 17.1 Å². The molecular formula is C25H23N3O6. The molecule has 0 saturated carbocycles. The number of aromatic hydroxyl groups is 1. The number of fused-ring (bicyclic) bond motifs is 1. The van der Waals surface area contributed by atoms with Gasteiger partial charge in [0.2, 0.25) is 0 Å². The van der Waals surface area contributed by atoms with Crippen molar-refractivity contribution in [2.45, 2.75) is 19.0 Å². The van der Waals surface area contributed by atoms with Crippen LogP contribution in [0, 0.1) is 0 Å². The summed E-state index contributed by atoms with van der Waals surface area (Å²) in [6, 6.07) is 10.4. The van der Waals surface area contributed by atoms with Crippen molar-refractivity contribution in [3.63, 3.8) is 0 Å². The smallest absolute Gasteiger partial charge is 0.295 e. The fraction of sp³-hybridized carbons (Fsp3) is 0.240. The van der Waals surface area contributed by atoms with E-state index in [1.165, 1.54) is 17.0 Å². The number of hydrogen-bond donors (Lipinski definition) is 2. The number of imidazole rings is 1. The number of phenols is 1. The predicted octanol–water partition coefficient (Wildman–Crippen LogP) is 2.87. The first-order chi connectivity index (χ1) is 16.5. The molecule has 1 atom stereocenters. The van der Waals surface area contributed by atoms with Gasteiger partial charge in [-0.2, -0.15) is 0 Å². The average molecular weight is 461 g/mol. The molecule has 3 heterocycles. The van der Waals surface area contributed by atoms with Crippen LogP contribution in [0.3, 0.4) is 0 Å². The molecule has 0 aliphatic carbocycles. The summed E-state index contributed by atoms with van der Waals surface area (Å²) in [6.45, 7) is 1.73. The van der Waals surface area contributed by atoms with Crippen molar-refractivity contribution in [1.29, 1.82) is 0 Å². The van der Waals surface area contributed by atoms with Crippen molar-refractivity contribution in [2.24, 2.45) is 0 Å². The van der Waals surface area contributed by atoms with Gasteiger partial charge in [0.15, 0.2) is 11.5 Å². The lowest BCUT2D eigenvalue weighted by Gasteiger charge is -2.25. The van der Waals surface area contributed by atoms with Gasteiger partial charge in [-0.25, -0.2) is 4.98 Å². The first kappa shape index (κ1) is 21.6. The second kappa shape index (κ2) is 8.93. The van der Waals surface area contributed by atoms with E-state index in [1.807, 2.05) is 10.8 Å². The third kappa shape index (κ3) is 3.96. The van der Waals surface area contributed by atoms with Gasteiger partial charge in [0, 0.05) is 31.0 Å². The number of hydrogen-bond acceptors (Lipinski definition) is 7. The molecule has 1 amide bonds. The lowest BCUT2D eigenvalue weighted by molar-refractivity contribution is -0.139. The van der Waals surface area contributed by atoms with Crippen molar-refractivity contribution >= 4 is 17.4 Å². The molecule has 5 rings (SSSR count). The molecule has 9 heteroatoms. The number of ether oxygens (including phenoxy) is 2. The van der Waals surface area contributed by atoms with Crippen LogP contribution < -0.4 is 9.47 Å². The third-order valence-corrected chi connectivity index (χ3v) is 5.94. The van der Waals surface area contributed by atoms with Crippen molar-refractivity contribution in [2.75, 3.05) is 19.8 Å². The molecular weight excluding hydrogens is 438 g/mol. The highest BCUT2D eigenvalue weighted by Gasteiger charge is 2.45. The number of benzene rings is 2. The molecule has 0 spiro atoms. The standard InChI is InChI=1S/C25H23N3O6/c29-18-5-2-16(3-6-18)22-21(23(30)17-4-7-19-20(14-17)34-13-12-33-19)24(31)25(32)28(22)10-1-9-27-11-8-26-15-27/h2-8,11,14-15,22,29-30H,1,9-10,12-13H2/b23-21+. The Bertz CT molecular complexity index is 1250. The molecule has 3 aromatic rings. The summed E-state index contributed by atoms with van der Waals surface area (Å²) in [7, 11) is 0. The quantitative estimate of drug-likeness (QED) is 0.330. The number of rotatable bonds is 6. The van der Waals surface area contributed by atoms with Crippen LogP contribution in [0.15, 0.2) is 66.8 Å². The number of aliphatic hydroxyl groups is 1. The maximum Gasteiger partial charge on any atom is 0.295 e. The van der Waals surface area contributed by atoms with E-state index in [9.17, 15) is 19.8 Å². The number of aliphatic hydroxyl groups excluding tert-OH is 1. The Morgan fingerprint density at radius 1 is 1.03 bits per heavy atom. The molecule has 9 nitrogen and oxygen atoms in total. The van der Waals surface area contributed by atoms with Gasteiger partial charge in [-0.3, -0.25) is 9.59 Å². The maximum atomic E-state index is 13.1. The summed E-state index contributed by atoms with van der Waals surface area (Å²) in [5.41, 5.74) is 0.957. The number of Topliss-reactive ketones (excluding diaryl/α,β-unsaturated/α-hetero) is 1. The summed E-state index contributed by atoms with van der Waals surface area (Å²) in [6.07, 6.45) is 5.78. The van der Waals surface area contributed by atoms with Crippen molar-refractivity contribution in [3.8, 4) is 17.2 Å². The molecule has 2 aliphatic rings. The average Bonchev–Trinajstić information content (AvgIpc) is 3.46. The fourth-order valence-corrected chi connectivity index (χ4v) is 4.30. The van der Waals surface area contributed by atoms with Crippen LogP contribution in [-0.2, 0) is 16.1 Å². The number of carbonyl (C=O) groups is 2. The largest absolute Gasteiger partial charge is 0.508 e. The van der Waals surface area contributed by atoms with Crippen molar-refractivity contribution < 1.29 is 29.3 Å². The highest BCUT2D eigenvalue weighted by molar-refractivity contribution is 6.46. The second-order valence-corrected chi connectivity index (χ2v) is 8.10. The zero-order valence-electron chi connectivity index (χ0n) is 18.3. The Morgan fingerprint density at radius 3 is 2.53 bits per heavy atom. The first-order valence-electron chi connectivity index (χ1n) is 11.0. The van der Waals surface area contributed by atoms with Crippen molar-refractivity contribution in [3.05, 3.63) is 77.9 Å². The number of nitrogens with zero attached hydrogens (tertiary/aromatic N) is 3. The number of phenolic OH excluding ortho intramolecular Hbond substituents is 1. The lowest BCUT2D eigenvalue weighted by Crippen LogP contribution is -2.31. The number of amides is 1. The number of ketones is 1. The Labute approximate surface area is 195 Å². The Hall–Kier alpha value is -4.27. The number of aryl methyl sites for hydroxylation is 1. The summed E-state index contributed by atoms with van der Waals surface area (Å²) in [5.74, 6) is -0.641. The molecule has 0 radical (unpaired) electrons. The summed E-state index contributed by atoms with van der Waals surface area (Å²) < 4.78 is 13.0. The predicted molar refractivity (Wildman–Crippen MR) is 121 cm³/mol. The molecule has 2 N–H and O–H groups in total. The maximum absolute atomic E-state index is 13.1. The van der Waals surface area contributed by atoms with Crippen LogP contribution in [-0.4, -0.2) is 56.1 Å². The van der Waals surface area contributed by atoms with Gasteiger partial charge in [0.25, 0.3) is 11.7 Å². The minimum atomic E-state index is -0.795. The monoisotopic (exact) mass is 461 g/mol. The van der Waals surface area contributed by atoms with E-state index in [2.05, 4.69) is 4.98 Å². The Morgan fingerprint density at radius 2 is 1.79 bits per heavy atom. The van der Waals surface area contributed by atoms with Gasteiger partial charge < -0.3 is 29.2 Å². The van der Waals surface area contributed by atoms with E-state index in [0.29, 0.717) is 55.4 Å². The first-order valence-corrected chi connectivity index (χ1v) is 11.0. The van der Waals surface area contributed by atoms with Gasteiger partial charge >= 0.3 is 0 Å². The summed E-state index contributed by atoms with van der Waals surface area (Å²) in [4.78, 5) is 31.7. The van der Waals surface area contributed by atoms with E-state index in [0.717, 1.165) is 0 Å². The van der Waals surface area contributed by atoms with Gasteiger partial charge in [-0.05, 0) is 42.3 Å². The van der Waals surface area contributed by atoms with Crippen LogP contribution in [0.1, 0.15) is 23.6 Å². The van der Waals surface area contributed by atoms with Gasteiger partial charge in [0.1, 0.15) is 24.7 Å². The molecule has 1 aromatic heterocycles. The highest BCUT2D eigenvalue weighted by atomic mass is 16.6. The van der Waals surface area contributed by atoms with Crippen LogP contribution >= 0.6 is 0 Å². The van der Waals surface area contributed by atoms with Crippen molar-refractivity contribution in [1.82, 2.24) is 14.5 Å². The SMILES string of the molecule is O=C1C(=O)N(CCCn2ccnc2)C(c2ccc(O)cc2)/C1=C(\O)c1ccc2c(c1)OCCO2.